The lowest BCUT2D eigenvalue weighted by atomic mass is 10.2. The van der Waals surface area contributed by atoms with Gasteiger partial charge in [0.1, 0.15) is 5.01 Å². The number of carbonyl (C=O) groups is 1. The van der Waals surface area contributed by atoms with E-state index in [9.17, 15) is 4.79 Å². The van der Waals surface area contributed by atoms with Crippen molar-refractivity contribution in [1.82, 2.24) is 9.88 Å². The molecule has 2 aromatic carbocycles. The summed E-state index contributed by atoms with van der Waals surface area (Å²) in [6.07, 6.45) is 0.798. The molecule has 0 aliphatic carbocycles. The molecule has 2 heterocycles. The molecular weight excluding hydrogens is 398 g/mol. The summed E-state index contributed by atoms with van der Waals surface area (Å²) in [5.74, 6) is 0. The van der Waals surface area contributed by atoms with E-state index in [0.717, 1.165) is 32.8 Å². The van der Waals surface area contributed by atoms with Crippen molar-refractivity contribution in [3.63, 3.8) is 0 Å². The summed E-state index contributed by atoms with van der Waals surface area (Å²) in [6, 6.07) is 17.7. The minimum Gasteiger partial charge on any atom is -0.319 e. The van der Waals surface area contributed by atoms with Gasteiger partial charge in [-0.15, -0.1) is 11.3 Å². The van der Waals surface area contributed by atoms with E-state index in [4.69, 9.17) is 4.98 Å². The number of halogens is 1. The molecule has 6 heteroatoms. The number of thiazole rings is 1. The van der Waals surface area contributed by atoms with Gasteiger partial charge < -0.3 is 10.2 Å². The fourth-order valence-electron chi connectivity index (χ4n) is 2.81. The Balaban J connectivity index is 1.48. The number of urea groups is 1. The van der Waals surface area contributed by atoms with Gasteiger partial charge in [0.2, 0.25) is 0 Å². The molecule has 126 valence electrons. The Labute approximate surface area is 158 Å². The number of nitrogens with zero attached hydrogens (tertiary/aromatic N) is 2. The van der Waals surface area contributed by atoms with Crippen LogP contribution in [0.15, 0.2) is 59.1 Å². The van der Waals surface area contributed by atoms with Gasteiger partial charge in [0.15, 0.2) is 0 Å². The molecular formula is C19H16BrN3OS. The van der Waals surface area contributed by atoms with Crippen molar-refractivity contribution < 1.29 is 4.79 Å². The topological polar surface area (TPSA) is 45.2 Å². The van der Waals surface area contributed by atoms with Crippen molar-refractivity contribution in [3.05, 3.63) is 69.6 Å². The quantitative estimate of drug-likeness (QED) is 0.630. The number of hydrogen-bond acceptors (Lipinski definition) is 3. The summed E-state index contributed by atoms with van der Waals surface area (Å²) < 4.78 is 0.992. The summed E-state index contributed by atoms with van der Waals surface area (Å²) in [4.78, 5) is 20.3. The van der Waals surface area contributed by atoms with Crippen LogP contribution in [-0.4, -0.2) is 22.5 Å². The highest BCUT2D eigenvalue weighted by atomic mass is 79.9. The van der Waals surface area contributed by atoms with E-state index in [1.165, 1.54) is 4.88 Å². The van der Waals surface area contributed by atoms with Crippen molar-refractivity contribution in [3.8, 4) is 10.6 Å². The molecule has 0 fully saturated rings. The number of benzene rings is 2. The van der Waals surface area contributed by atoms with Crippen molar-refractivity contribution in [2.24, 2.45) is 0 Å². The molecule has 1 aliphatic rings. The lowest BCUT2D eigenvalue weighted by Crippen LogP contribution is -2.38. The van der Waals surface area contributed by atoms with Crippen molar-refractivity contribution >= 4 is 39.0 Å². The van der Waals surface area contributed by atoms with Crippen molar-refractivity contribution in [1.29, 1.82) is 0 Å². The van der Waals surface area contributed by atoms with Crippen LogP contribution in [0.3, 0.4) is 0 Å². The van der Waals surface area contributed by atoms with E-state index < -0.39 is 0 Å². The van der Waals surface area contributed by atoms with Gasteiger partial charge in [-0.1, -0.05) is 46.3 Å². The highest BCUT2D eigenvalue weighted by molar-refractivity contribution is 9.10. The standard InChI is InChI=1S/C19H16BrN3OS/c20-14-6-8-15(9-7-14)21-19(24)23-11-10-16-17(12-23)25-18(22-16)13-4-2-1-3-5-13/h1-9H,10-12H2,(H,21,24). The van der Waals surface area contributed by atoms with Gasteiger partial charge in [0.05, 0.1) is 12.2 Å². The zero-order chi connectivity index (χ0) is 17.2. The third-order valence-corrected chi connectivity index (χ3v) is 5.79. The molecule has 0 spiro atoms. The molecule has 0 unspecified atom stereocenters. The lowest BCUT2D eigenvalue weighted by molar-refractivity contribution is 0.207. The van der Waals surface area contributed by atoms with E-state index in [1.54, 1.807) is 11.3 Å². The monoisotopic (exact) mass is 413 g/mol. The van der Waals surface area contributed by atoms with Crippen LogP contribution in [0, 0.1) is 0 Å². The maximum absolute atomic E-state index is 12.5. The van der Waals surface area contributed by atoms with Crippen molar-refractivity contribution in [2.75, 3.05) is 11.9 Å². The molecule has 2 amide bonds. The Morgan fingerprint density at radius 3 is 2.64 bits per heavy atom. The molecule has 0 saturated carbocycles. The summed E-state index contributed by atoms with van der Waals surface area (Å²) >= 11 is 5.08. The molecule has 1 N–H and O–H groups in total. The van der Waals surface area contributed by atoms with Gasteiger partial charge >= 0.3 is 6.03 Å². The first kappa shape index (κ1) is 16.3. The molecule has 0 radical (unpaired) electrons. The minimum atomic E-state index is -0.0670. The van der Waals surface area contributed by atoms with Crippen LogP contribution in [0.25, 0.3) is 10.6 Å². The Morgan fingerprint density at radius 1 is 1.12 bits per heavy atom. The molecule has 0 atom stereocenters. The molecule has 1 aliphatic heterocycles. The smallest absolute Gasteiger partial charge is 0.319 e. The van der Waals surface area contributed by atoms with E-state index in [2.05, 4.69) is 33.4 Å². The first-order valence-electron chi connectivity index (χ1n) is 8.04. The normalized spacial score (nSPS) is 13.4. The summed E-state index contributed by atoms with van der Waals surface area (Å²) in [5, 5.41) is 3.99. The van der Waals surface area contributed by atoms with Crippen LogP contribution in [0.1, 0.15) is 10.6 Å². The maximum atomic E-state index is 12.5. The van der Waals surface area contributed by atoms with Gasteiger partial charge in [-0.25, -0.2) is 9.78 Å². The average molecular weight is 414 g/mol. The number of fused-ring (bicyclic) bond motifs is 1. The predicted molar refractivity (Wildman–Crippen MR) is 105 cm³/mol. The van der Waals surface area contributed by atoms with Crippen LogP contribution in [0.4, 0.5) is 10.5 Å². The molecule has 4 nitrogen and oxygen atoms in total. The first-order valence-corrected chi connectivity index (χ1v) is 9.65. The van der Waals surface area contributed by atoms with Gasteiger partial charge in [-0.3, -0.25) is 0 Å². The number of hydrogen-bond donors (Lipinski definition) is 1. The number of anilines is 1. The fraction of sp³-hybridized carbons (Fsp3) is 0.158. The molecule has 3 aromatic rings. The van der Waals surface area contributed by atoms with Crippen LogP contribution >= 0.6 is 27.3 Å². The zero-order valence-electron chi connectivity index (χ0n) is 13.4. The zero-order valence-corrected chi connectivity index (χ0v) is 15.8. The SMILES string of the molecule is O=C(Nc1ccc(Br)cc1)N1CCc2nc(-c3ccccc3)sc2C1. The van der Waals surface area contributed by atoms with Crippen molar-refractivity contribution in [2.45, 2.75) is 13.0 Å². The largest absolute Gasteiger partial charge is 0.322 e. The van der Waals surface area contributed by atoms with E-state index in [-0.39, 0.29) is 6.03 Å². The summed E-state index contributed by atoms with van der Waals surface area (Å²) in [7, 11) is 0. The Bertz CT molecular complexity index is 893. The third-order valence-electron chi connectivity index (χ3n) is 4.13. The molecule has 0 saturated heterocycles. The molecule has 25 heavy (non-hydrogen) atoms. The second-order valence-corrected chi connectivity index (χ2v) is 7.86. The number of carbonyl (C=O) groups excluding carboxylic acids is 1. The minimum absolute atomic E-state index is 0.0670. The summed E-state index contributed by atoms with van der Waals surface area (Å²) in [5.41, 5.74) is 3.05. The summed E-state index contributed by atoms with van der Waals surface area (Å²) in [6.45, 7) is 1.30. The van der Waals surface area contributed by atoms with Gasteiger partial charge in [0, 0.05) is 33.6 Å². The second kappa shape index (κ2) is 6.98. The Hall–Kier alpha value is -2.18. The first-order chi connectivity index (χ1) is 12.2. The second-order valence-electron chi connectivity index (χ2n) is 5.86. The van der Waals surface area contributed by atoms with Crippen LogP contribution < -0.4 is 5.32 Å². The predicted octanol–water partition coefficient (Wildman–Crippen LogP) is 5.16. The highest BCUT2D eigenvalue weighted by Crippen LogP contribution is 2.31. The number of aromatic nitrogens is 1. The lowest BCUT2D eigenvalue weighted by Gasteiger charge is -2.26. The van der Waals surface area contributed by atoms with Crippen LogP contribution in [0.2, 0.25) is 0 Å². The number of amides is 2. The van der Waals surface area contributed by atoms with Gasteiger partial charge in [0.25, 0.3) is 0 Å². The van der Waals surface area contributed by atoms with Crippen LogP contribution in [0.5, 0.6) is 0 Å². The Kier molecular flexibility index (Phi) is 4.55. The van der Waals surface area contributed by atoms with E-state index >= 15 is 0 Å². The van der Waals surface area contributed by atoms with Crippen LogP contribution in [-0.2, 0) is 13.0 Å². The molecule has 0 bridgehead atoms. The maximum Gasteiger partial charge on any atom is 0.322 e. The fourth-order valence-corrected chi connectivity index (χ4v) is 4.20. The molecule has 1 aromatic heterocycles. The number of nitrogens with one attached hydrogen (secondary N) is 1. The number of rotatable bonds is 2. The van der Waals surface area contributed by atoms with E-state index in [0.29, 0.717) is 13.1 Å². The Morgan fingerprint density at radius 2 is 1.88 bits per heavy atom. The van der Waals surface area contributed by atoms with Gasteiger partial charge in [-0.2, -0.15) is 0 Å². The molecule has 4 rings (SSSR count). The average Bonchev–Trinajstić information content (AvgIpc) is 3.07. The highest BCUT2D eigenvalue weighted by Gasteiger charge is 2.24. The van der Waals surface area contributed by atoms with E-state index in [1.807, 2.05) is 47.4 Å². The third kappa shape index (κ3) is 3.60. The van der Waals surface area contributed by atoms with Gasteiger partial charge in [-0.05, 0) is 24.3 Å².